The molecule has 186 valence electrons. The van der Waals surface area contributed by atoms with Crippen LogP contribution in [0.5, 0.6) is 0 Å². The minimum absolute atomic E-state index is 0.149. The van der Waals surface area contributed by atoms with Crippen LogP contribution in [0.2, 0.25) is 0 Å². The Morgan fingerprint density at radius 2 is 1.50 bits per heavy atom. The number of sulfonamides is 1. The molecule has 0 aliphatic rings. The van der Waals surface area contributed by atoms with Crippen molar-refractivity contribution in [2.75, 3.05) is 20.1 Å². The summed E-state index contributed by atoms with van der Waals surface area (Å²) >= 11 is 0. The lowest BCUT2D eigenvalue weighted by atomic mass is 10.1. The highest BCUT2D eigenvalue weighted by Crippen LogP contribution is 2.15. The summed E-state index contributed by atoms with van der Waals surface area (Å²) in [7, 11) is -2.10. The van der Waals surface area contributed by atoms with Crippen molar-refractivity contribution in [1.82, 2.24) is 14.5 Å². The normalized spacial score (nSPS) is 12.9. The van der Waals surface area contributed by atoms with Crippen LogP contribution in [-0.4, -0.2) is 61.2 Å². The fourth-order valence-corrected chi connectivity index (χ4v) is 4.76. The number of nitrogens with zero attached hydrogens (tertiary/aromatic N) is 2. The maximum atomic E-state index is 13.2. The number of carbonyl (C=O) groups is 2. The van der Waals surface area contributed by atoms with Crippen LogP contribution < -0.4 is 5.32 Å². The van der Waals surface area contributed by atoms with Crippen LogP contribution in [0.3, 0.4) is 0 Å². The highest BCUT2D eigenvalue weighted by molar-refractivity contribution is 7.89. The lowest BCUT2D eigenvalue weighted by molar-refractivity contribution is -0.140. The van der Waals surface area contributed by atoms with Gasteiger partial charge in [-0.05, 0) is 58.2 Å². The van der Waals surface area contributed by atoms with Crippen molar-refractivity contribution in [3.63, 3.8) is 0 Å². The van der Waals surface area contributed by atoms with Gasteiger partial charge in [0.25, 0.3) is 0 Å². The van der Waals surface area contributed by atoms with E-state index in [4.69, 9.17) is 0 Å². The van der Waals surface area contributed by atoms with Gasteiger partial charge in [0.05, 0.1) is 4.90 Å². The first kappa shape index (κ1) is 27.5. The van der Waals surface area contributed by atoms with Crippen molar-refractivity contribution in [1.29, 1.82) is 0 Å². The number of nitrogens with one attached hydrogen (secondary N) is 1. The molecular weight excluding hydrogens is 450 g/mol. The van der Waals surface area contributed by atoms with Crippen LogP contribution in [0.25, 0.3) is 0 Å². The average Bonchev–Trinajstić information content (AvgIpc) is 2.79. The molecule has 8 heteroatoms. The molecule has 1 N–H and O–H groups in total. The van der Waals surface area contributed by atoms with E-state index in [-0.39, 0.29) is 29.7 Å². The fourth-order valence-electron chi connectivity index (χ4n) is 3.53. The van der Waals surface area contributed by atoms with Crippen LogP contribution in [0.1, 0.15) is 46.1 Å². The first-order chi connectivity index (χ1) is 15.9. The van der Waals surface area contributed by atoms with Crippen LogP contribution in [0.4, 0.5) is 0 Å². The predicted molar refractivity (Wildman–Crippen MR) is 135 cm³/mol. The Morgan fingerprint density at radius 3 is 2.06 bits per heavy atom. The van der Waals surface area contributed by atoms with E-state index in [1.54, 1.807) is 42.2 Å². The molecule has 7 nitrogen and oxygen atoms in total. The van der Waals surface area contributed by atoms with Gasteiger partial charge in [0.15, 0.2) is 0 Å². The van der Waals surface area contributed by atoms with Crippen molar-refractivity contribution in [3.8, 4) is 0 Å². The summed E-state index contributed by atoms with van der Waals surface area (Å²) in [4.78, 5) is 27.8. The molecule has 2 aromatic rings. The van der Waals surface area contributed by atoms with Gasteiger partial charge in [-0.15, -0.1) is 0 Å². The van der Waals surface area contributed by atoms with Gasteiger partial charge in [-0.1, -0.05) is 48.5 Å². The molecule has 34 heavy (non-hydrogen) atoms. The van der Waals surface area contributed by atoms with Gasteiger partial charge in [-0.25, -0.2) is 12.7 Å². The molecule has 0 spiro atoms. The van der Waals surface area contributed by atoms with E-state index < -0.39 is 21.6 Å². The van der Waals surface area contributed by atoms with Crippen molar-refractivity contribution in [3.05, 3.63) is 66.2 Å². The van der Waals surface area contributed by atoms with Crippen molar-refractivity contribution < 1.29 is 18.0 Å². The van der Waals surface area contributed by atoms with Crippen molar-refractivity contribution in [2.45, 2.75) is 63.4 Å². The second kappa shape index (κ2) is 12.1. The molecule has 0 bridgehead atoms. The van der Waals surface area contributed by atoms with Gasteiger partial charge in [0.2, 0.25) is 21.8 Å². The summed E-state index contributed by atoms with van der Waals surface area (Å²) in [6.45, 7) is 8.04. The van der Waals surface area contributed by atoms with E-state index in [0.717, 1.165) is 5.56 Å². The first-order valence-electron chi connectivity index (χ1n) is 11.6. The lowest BCUT2D eigenvalue weighted by Crippen LogP contribution is -2.53. The number of carbonyl (C=O) groups excluding carboxylic acids is 2. The Morgan fingerprint density at radius 1 is 0.941 bits per heavy atom. The maximum Gasteiger partial charge on any atom is 0.242 e. The van der Waals surface area contributed by atoms with E-state index in [2.05, 4.69) is 5.32 Å². The molecule has 0 unspecified atom stereocenters. The van der Waals surface area contributed by atoms with Crippen LogP contribution in [0, 0.1) is 0 Å². The predicted octanol–water partition coefficient (Wildman–Crippen LogP) is 3.46. The Kier molecular flexibility index (Phi) is 9.82. The van der Waals surface area contributed by atoms with Gasteiger partial charge in [-0.2, -0.15) is 0 Å². The van der Waals surface area contributed by atoms with Gasteiger partial charge in [-0.3, -0.25) is 9.59 Å². The fraction of sp³-hybridized carbons (Fsp3) is 0.462. The third-order valence-corrected chi connectivity index (χ3v) is 7.34. The minimum Gasteiger partial charge on any atom is -0.350 e. The zero-order chi connectivity index (χ0) is 25.4. The molecule has 0 aromatic heterocycles. The lowest BCUT2D eigenvalue weighted by Gasteiger charge is -2.31. The smallest absolute Gasteiger partial charge is 0.242 e. The molecule has 0 fully saturated rings. The SMILES string of the molecule is C[C@H](C(=O)NC(C)(C)C)N(CCc1ccccc1)C(=O)CCCN(C)S(=O)(=O)c1ccccc1. The molecule has 2 amide bonds. The van der Waals surface area contributed by atoms with Crippen molar-refractivity contribution in [2.24, 2.45) is 0 Å². The third kappa shape index (κ3) is 8.25. The average molecular weight is 488 g/mol. The summed E-state index contributed by atoms with van der Waals surface area (Å²) in [6.07, 6.45) is 1.13. The maximum absolute atomic E-state index is 13.2. The topological polar surface area (TPSA) is 86.8 Å². The highest BCUT2D eigenvalue weighted by Gasteiger charge is 2.28. The van der Waals surface area contributed by atoms with E-state index in [0.29, 0.717) is 19.4 Å². The Hall–Kier alpha value is -2.71. The monoisotopic (exact) mass is 487 g/mol. The summed E-state index contributed by atoms with van der Waals surface area (Å²) in [5.41, 5.74) is 0.672. The summed E-state index contributed by atoms with van der Waals surface area (Å²) in [6, 6.07) is 17.4. The largest absolute Gasteiger partial charge is 0.350 e. The molecule has 0 radical (unpaired) electrons. The standard InChI is InChI=1S/C26H37N3O4S/c1-21(25(31)27-26(2,3)4)29(20-18-22-13-8-6-9-14-22)24(30)17-12-19-28(5)34(32,33)23-15-10-7-11-16-23/h6-11,13-16,21H,12,17-20H2,1-5H3,(H,27,31)/t21-/m1/s1. The summed E-state index contributed by atoms with van der Waals surface area (Å²) in [5.74, 6) is -0.379. The highest BCUT2D eigenvalue weighted by atomic mass is 32.2. The van der Waals surface area contributed by atoms with Gasteiger partial charge >= 0.3 is 0 Å². The van der Waals surface area contributed by atoms with E-state index in [1.807, 2.05) is 51.1 Å². The molecule has 0 aliphatic carbocycles. The summed E-state index contributed by atoms with van der Waals surface area (Å²) in [5, 5.41) is 2.94. The Balaban J connectivity index is 2.04. The van der Waals surface area contributed by atoms with Gasteiger partial charge in [0.1, 0.15) is 6.04 Å². The van der Waals surface area contributed by atoms with E-state index in [1.165, 1.54) is 11.4 Å². The zero-order valence-corrected chi connectivity index (χ0v) is 21.6. The molecule has 0 saturated carbocycles. The van der Waals surface area contributed by atoms with Crippen molar-refractivity contribution >= 4 is 21.8 Å². The second-order valence-electron chi connectivity index (χ2n) is 9.48. The van der Waals surface area contributed by atoms with Crippen LogP contribution in [-0.2, 0) is 26.0 Å². The Labute approximate surface area is 204 Å². The number of rotatable bonds is 11. The second-order valence-corrected chi connectivity index (χ2v) is 11.5. The molecule has 2 aromatic carbocycles. The third-order valence-electron chi connectivity index (χ3n) is 5.46. The van der Waals surface area contributed by atoms with Crippen LogP contribution in [0.15, 0.2) is 65.6 Å². The van der Waals surface area contributed by atoms with Gasteiger partial charge < -0.3 is 10.2 Å². The number of hydrogen-bond donors (Lipinski definition) is 1. The van der Waals surface area contributed by atoms with Gasteiger partial charge in [0, 0.05) is 32.1 Å². The first-order valence-corrected chi connectivity index (χ1v) is 13.0. The zero-order valence-electron chi connectivity index (χ0n) is 20.8. The van der Waals surface area contributed by atoms with Crippen LogP contribution >= 0.6 is 0 Å². The number of amides is 2. The molecular formula is C26H37N3O4S. The minimum atomic E-state index is -3.61. The molecule has 0 saturated heterocycles. The summed E-state index contributed by atoms with van der Waals surface area (Å²) < 4.78 is 26.7. The van der Waals surface area contributed by atoms with E-state index >= 15 is 0 Å². The molecule has 0 aliphatic heterocycles. The van der Waals surface area contributed by atoms with E-state index in [9.17, 15) is 18.0 Å². The quantitative estimate of drug-likeness (QED) is 0.526. The molecule has 2 rings (SSSR count). The number of benzene rings is 2. The Bertz CT molecular complexity index is 1030. The molecule has 0 heterocycles. The molecule has 1 atom stereocenters. The number of hydrogen-bond acceptors (Lipinski definition) is 4.